The van der Waals surface area contributed by atoms with Crippen molar-refractivity contribution in [1.29, 1.82) is 0 Å². The first-order valence-corrected chi connectivity index (χ1v) is 4.96. The van der Waals surface area contributed by atoms with Crippen LogP contribution in [-0.4, -0.2) is 11.7 Å². The summed E-state index contributed by atoms with van der Waals surface area (Å²) in [5.41, 5.74) is 0. The molecule has 0 aliphatic heterocycles. The maximum atomic E-state index is 8.96. The molecule has 0 heterocycles. The van der Waals surface area contributed by atoms with E-state index >= 15 is 0 Å². The first-order valence-electron chi connectivity index (χ1n) is 4.96. The summed E-state index contributed by atoms with van der Waals surface area (Å²) in [4.78, 5) is 0. The van der Waals surface area contributed by atoms with Gasteiger partial charge in [0.1, 0.15) is 0 Å². The molecular weight excluding hydrogens is 136 g/mol. The number of aliphatic hydroxyl groups is 1. The Hall–Kier alpha value is -0.0400. The van der Waals surface area contributed by atoms with Gasteiger partial charge in [0.25, 0.3) is 0 Å². The molecule has 1 heteroatoms. The molecule has 0 spiro atoms. The molecule has 0 aromatic carbocycles. The Morgan fingerprint density at radius 3 is 2.18 bits per heavy atom. The highest BCUT2D eigenvalue weighted by atomic mass is 16.3. The third kappa shape index (κ3) is 6.36. The highest BCUT2D eigenvalue weighted by molar-refractivity contribution is 4.56. The highest BCUT2D eigenvalue weighted by Crippen LogP contribution is 2.14. The van der Waals surface area contributed by atoms with Gasteiger partial charge in [-0.25, -0.2) is 0 Å². The molecule has 0 aliphatic carbocycles. The summed E-state index contributed by atoms with van der Waals surface area (Å²) in [5.74, 6) is 0.576. The molecular formula is C10H22O. The second-order valence-electron chi connectivity index (χ2n) is 3.33. The summed E-state index contributed by atoms with van der Waals surface area (Å²) < 4.78 is 0. The van der Waals surface area contributed by atoms with E-state index < -0.39 is 0 Å². The molecule has 0 fully saturated rings. The predicted molar refractivity (Wildman–Crippen MR) is 49.6 cm³/mol. The molecule has 68 valence electrons. The van der Waals surface area contributed by atoms with Gasteiger partial charge in [-0.3, -0.25) is 0 Å². The summed E-state index contributed by atoms with van der Waals surface area (Å²) in [5, 5.41) is 8.96. The van der Waals surface area contributed by atoms with Crippen molar-refractivity contribution in [2.24, 2.45) is 5.92 Å². The molecule has 1 N–H and O–H groups in total. The van der Waals surface area contributed by atoms with Crippen LogP contribution in [0.4, 0.5) is 0 Å². The summed E-state index contributed by atoms with van der Waals surface area (Å²) in [7, 11) is 0. The van der Waals surface area contributed by atoms with Crippen LogP contribution in [0.1, 0.15) is 52.4 Å². The van der Waals surface area contributed by atoms with E-state index in [2.05, 4.69) is 13.8 Å². The smallest absolute Gasteiger partial charge is 0.0459 e. The van der Waals surface area contributed by atoms with Crippen molar-refractivity contribution in [3.63, 3.8) is 0 Å². The molecule has 1 nitrogen and oxygen atoms in total. The van der Waals surface area contributed by atoms with Gasteiger partial charge in [0.15, 0.2) is 0 Å². The molecule has 0 amide bonds. The quantitative estimate of drug-likeness (QED) is 0.565. The normalized spacial score (nSPS) is 13.4. The van der Waals surface area contributed by atoms with Crippen LogP contribution in [0, 0.1) is 5.92 Å². The maximum absolute atomic E-state index is 8.96. The van der Waals surface area contributed by atoms with E-state index in [4.69, 9.17) is 5.11 Å². The Morgan fingerprint density at radius 1 is 1.00 bits per heavy atom. The molecule has 0 unspecified atom stereocenters. The molecule has 11 heavy (non-hydrogen) atoms. The number of unbranched alkanes of at least 4 members (excludes halogenated alkanes) is 2. The van der Waals surface area contributed by atoms with Gasteiger partial charge in [0.2, 0.25) is 0 Å². The van der Waals surface area contributed by atoms with E-state index in [-0.39, 0.29) is 0 Å². The molecule has 0 saturated carbocycles. The van der Waals surface area contributed by atoms with Gasteiger partial charge in [-0.1, -0.05) is 39.5 Å². The van der Waals surface area contributed by atoms with Crippen LogP contribution in [0.2, 0.25) is 0 Å². The molecule has 0 radical (unpaired) electrons. The average molecular weight is 158 g/mol. The van der Waals surface area contributed by atoms with Gasteiger partial charge >= 0.3 is 0 Å². The van der Waals surface area contributed by atoms with E-state index in [1.54, 1.807) is 0 Å². The summed E-state index contributed by atoms with van der Waals surface area (Å²) in [6.45, 7) is 4.79. The van der Waals surface area contributed by atoms with Crippen molar-refractivity contribution in [3.8, 4) is 0 Å². The first-order chi connectivity index (χ1) is 5.35. The van der Waals surface area contributed by atoms with Crippen LogP contribution in [-0.2, 0) is 0 Å². The molecule has 0 saturated heterocycles. The Bertz CT molecular complexity index is 71.3. The van der Waals surface area contributed by atoms with Crippen LogP contribution in [0.3, 0.4) is 0 Å². The first kappa shape index (κ1) is 11.0. The lowest BCUT2D eigenvalue weighted by atomic mass is 9.98. The lowest BCUT2D eigenvalue weighted by Gasteiger charge is -2.11. The zero-order valence-electron chi connectivity index (χ0n) is 7.97. The predicted octanol–water partition coefficient (Wildman–Crippen LogP) is 2.98. The Morgan fingerprint density at radius 2 is 1.73 bits per heavy atom. The molecule has 0 aliphatic rings. The van der Waals surface area contributed by atoms with Crippen molar-refractivity contribution in [1.82, 2.24) is 0 Å². The minimum atomic E-state index is 0.386. The van der Waals surface area contributed by atoms with Crippen LogP contribution in [0.5, 0.6) is 0 Å². The van der Waals surface area contributed by atoms with Crippen LogP contribution < -0.4 is 0 Å². The lowest BCUT2D eigenvalue weighted by Crippen LogP contribution is -2.05. The Kier molecular flexibility index (Phi) is 8.03. The van der Waals surface area contributed by atoms with Gasteiger partial charge < -0.3 is 5.11 Å². The number of aliphatic hydroxyl groups excluding tert-OH is 1. The van der Waals surface area contributed by atoms with E-state index in [0.29, 0.717) is 12.5 Å². The van der Waals surface area contributed by atoms with E-state index in [9.17, 15) is 0 Å². The molecule has 0 aromatic rings. The standard InChI is InChI=1S/C10H22O/c1-3-5-6-8-10(9-11)7-4-2/h10-11H,3-9H2,1-2H3/t10-/m1/s1. The second kappa shape index (κ2) is 8.06. The fourth-order valence-corrected chi connectivity index (χ4v) is 1.42. The molecule has 0 bridgehead atoms. The van der Waals surface area contributed by atoms with Gasteiger partial charge in [-0.15, -0.1) is 0 Å². The lowest BCUT2D eigenvalue weighted by molar-refractivity contribution is 0.207. The largest absolute Gasteiger partial charge is 0.396 e. The third-order valence-electron chi connectivity index (χ3n) is 2.17. The maximum Gasteiger partial charge on any atom is 0.0459 e. The molecule has 1 atom stereocenters. The zero-order chi connectivity index (χ0) is 8.53. The van der Waals surface area contributed by atoms with E-state index in [1.165, 1.54) is 38.5 Å². The highest BCUT2D eigenvalue weighted by Gasteiger charge is 2.04. The minimum absolute atomic E-state index is 0.386. The fraction of sp³-hybridized carbons (Fsp3) is 1.00. The van der Waals surface area contributed by atoms with Crippen molar-refractivity contribution in [3.05, 3.63) is 0 Å². The second-order valence-corrected chi connectivity index (χ2v) is 3.33. The van der Waals surface area contributed by atoms with Crippen LogP contribution >= 0.6 is 0 Å². The Balaban J connectivity index is 3.20. The van der Waals surface area contributed by atoms with Gasteiger partial charge in [-0.05, 0) is 18.8 Å². The average Bonchev–Trinajstić information content (AvgIpc) is 2.03. The summed E-state index contributed by atoms with van der Waals surface area (Å²) >= 11 is 0. The number of hydrogen-bond acceptors (Lipinski definition) is 1. The van der Waals surface area contributed by atoms with Crippen molar-refractivity contribution < 1.29 is 5.11 Å². The van der Waals surface area contributed by atoms with E-state index in [0.717, 1.165) is 0 Å². The SMILES string of the molecule is CCCCC[C@H](CO)CCC. The molecule has 0 rings (SSSR count). The fourth-order valence-electron chi connectivity index (χ4n) is 1.42. The van der Waals surface area contributed by atoms with Crippen molar-refractivity contribution >= 4 is 0 Å². The number of hydrogen-bond donors (Lipinski definition) is 1. The van der Waals surface area contributed by atoms with Crippen LogP contribution in [0.25, 0.3) is 0 Å². The van der Waals surface area contributed by atoms with Gasteiger partial charge in [-0.2, -0.15) is 0 Å². The number of rotatable bonds is 7. The summed E-state index contributed by atoms with van der Waals surface area (Å²) in [6, 6.07) is 0. The zero-order valence-corrected chi connectivity index (χ0v) is 7.97. The topological polar surface area (TPSA) is 20.2 Å². The Labute approximate surface area is 70.8 Å². The minimum Gasteiger partial charge on any atom is -0.396 e. The molecule has 0 aromatic heterocycles. The van der Waals surface area contributed by atoms with Crippen LogP contribution in [0.15, 0.2) is 0 Å². The van der Waals surface area contributed by atoms with Crippen molar-refractivity contribution in [2.75, 3.05) is 6.61 Å². The van der Waals surface area contributed by atoms with Gasteiger partial charge in [0, 0.05) is 6.61 Å². The third-order valence-corrected chi connectivity index (χ3v) is 2.17. The monoisotopic (exact) mass is 158 g/mol. The summed E-state index contributed by atoms with van der Waals surface area (Å²) in [6.07, 6.45) is 7.52. The van der Waals surface area contributed by atoms with Gasteiger partial charge in [0.05, 0.1) is 0 Å². The van der Waals surface area contributed by atoms with Crippen molar-refractivity contribution in [2.45, 2.75) is 52.4 Å². The van der Waals surface area contributed by atoms with E-state index in [1.807, 2.05) is 0 Å².